The van der Waals surface area contributed by atoms with E-state index in [1.54, 1.807) is 6.20 Å². The second kappa shape index (κ2) is 3.71. The lowest BCUT2D eigenvalue weighted by atomic mass is 10.2. The summed E-state index contributed by atoms with van der Waals surface area (Å²) in [5.74, 6) is 0. The van der Waals surface area contributed by atoms with E-state index in [0.29, 0.717) is 6.54 Å². The maximum absolute atomic E-state index is 5.44. The van der Waals surface area contributed by atoms with Gasteiger partial charge in [0.05, 0.1) is 5.69 Å². The SMILES string of the molecule is C=C=C(CN)c1ccccn1. The third kappa shape index (κ3) is 1.77. The summed E-state index contributed by atoms with van der Waals surface area (Å²) >= 11 is 0. The Morgan fingerprint density at radius 3 is 2.91 bits per heavy atom. The van der Waals surface area contributed by atoms with E-state index in [1.807, 2.05) is 18.2 Å². The predicted molar refractivity (Wildman–Crippen MR) is 45.8 cm³/mol. The number of rotatable bonds is 2. The molecule has 0 saturated carbocycles. The van der Waals surface area contributed by atoms with Crippen molar-refractivity contribution < 1.29 is 0 Å². The van der Waals surface area contributed by atoms with Gasteiger partial charge in [0, 0.05) is 18.3 Å². The molecule has 0 amide bonds. The molecule has 0 radical (unpaired) electrons. The van der Waals surface area contributed by atoms with Gasteiger partial charge in [-0.1, -0.05) is 12.6 Å². The molecule has 1 aromatic rings. The number of nitrogens with two attached hydrogens (primary N) is 1. The molecule has 1 aromatic heterocycles. The highest BCUT2D eigenvalue weighted by Gasteiger charge is 1.96. The normalized spacial score (nSPS) is 8.82. The summed E-state index contributed by atoms with van der Waals surface area (Å²) in [6.07, 6.45) is 1.72. The Balaban J connectivity index is 3.02. The van der Waals surface area contributed by atoms with Crippen molar-refractivity contribution in [2.45, 2.75) is 0 Å². The molecule has 0 aliphatic carbocycles. The smallest absolute Gasteiger partial charge is 0.0751 e. The summed E-state index contributed by atoms with van der Waals surface area (Å²) in [5, 5.41) is 0. The van der Waals surface area contributed by atoms with E-state index in [2.05, 4.69) is 17.3 Å². The van der Waals surface area contributed by atoms with Crippen LogP contribution in [0, 0.1) is 0 Å². The molecule has 0 spiro atoms. The molecule has 56 valence electrons. The first-order valence-corrected chi connectivity index (χ1v) is 3.39. The minimum Gasteiger partial charge on any atom is -0.326 e. The van der Waals surface area contributed by atoms with Gasteiger partial charge in [-0.3, -0.25) is 4.98 Å². The molecule has 0 bridgehead atoms. The van der Waals surface area contributed by atoms with Gasteiger partial charge in [0.2, 0.25) is 0 Å². The highest BCUT2D eigenvalue weighted by atomic mass is 14.7. The lowest BCUT2D eigenvalue weighted by Crippen LogP contribution is -2.02. The van der Waals surface area contributed by atoms with E-state index in [1.165, 1.54) is 0 Å². The quantitative estimate of drug-likeness (QED) is 0.637. The van der Waals surface area contributed by atoms with Crippen molar-refractivity contribution in [2.75, 3.05) is 6.54 Å². The number of aromatic nitrogens is 1. The molecular weight excluding hydrogens is 136 g/mol. The van der Waals surface area contributed by atoms with Crippen molar-refractivity contribution in [3.8, 4) is 0 Å². The maximum atomic E-state index is 5.44. The van der Waals surface area contributed by atoms with Gasteiger partial charge < -0.3 is 5.73 Å². The maximum Gasteiger partial charge on any atom is 0.0751 e. The Morgan fingerprint density at radius 2 is 2.45 bits per heavy atom. The van der Waals surface area contributed by atoms with Crippen LogP contribution in [-0.2, 0) is 0 Å². The Bertz CT molecular complexity index is 271. The van der Waals surface area contributed by atoms with Crippen LogP contribution < -0.4 is 5.73 Å². The summed E-state index contributed by atoms with van der Waals surface area (Å²) in [6, 6.07) is 5.66. The summed E-state index contributed by atoms with van der Waals surface area (Å²) < 4.78 is 0. The zero-order valence-electron chi connectivity index (χ0n) is 6.25. The minimum absolute atomic E-state index is 0.431. The molecule has 1 heterocycles. The van der Waals surface area contributed by atoms with Crippen LogP contribution in [0.1, 0.15) is 5.69 Å². The van der Waals surface area contributed by atoms with Crippen LogP contribution in [-0.4, -0.2) is 11.5 Å². The molecule has 0 fully saturated rings. The van der Waals surface area contributed by atoms with E-state index in [-0.39, 0.29) is 0 Å². The van der Waals surface area contributed by atoms with Crippen molar-refractivity contribution in [3.05, 3.63) is 42.4 Å². The molecule has 0 aliphatic rings. The minimum atomic E-state index is 0.431. The van der Waals surface area contributed by atoms with E-state index >= 15 is 0 Å². The van der Waals surface area contributed by atoms with Gasteiger partial charge >= 0.3 is 0 Å². The molecule has 0 atom stereocenters. The van der Waals surface area contributed by atoms with Crippen molar-refractivity contribution in [1.29, 1.82) is 0 Å². The number of pyridine rings is 1. The number of hydrogen-bond acceptors (Lipinski definition) is 2. The zero-order chi connectivity index (χ0) is 8.10. The van der Waals surface area contributed by atoms with Gasteiger partial charge in [-0.2, -0.15) is 0 Å². The molecule has 11 heavy (non-hydrogen) atoms. The molecule has 2 nitrogen and oxygen atoms in total. The van der Waals surface area contributed by atoms with Gasteiger partial charge in [-0.05, 0) is 12.1 Å². The first-order valence-electron chi connectivity index (χ1n) is 3.39. The van der Waals surface area contributed by atoms with E-state index < -0.39 is 0 Å². The van der Waals surface area contributed by atoms with Gasteiger partial charge in [-0.15, -0.1) is 5.73 Å². The molecule has 2 N–H and O–H groups in total. The van der Waals surface area contributed by atoms with E-state index in [4.69, 9.17) is 5.73 Å². The molecule has 1 rings (SSSR count). The lowest BCUT2D eigenvalue weighted by Gasteiger charge is -1.97. The molecule has 0 saturated heterocycles. The average Bonchev–Trinajstić information content (AvgIpc) is 2.09. The topological polar surface area (TPSA) is 38.9 Å². The average molecular weight is 146 g/mol. The Kier molecular flexibility index (Phi) is 2.61. The molecule has 0 aliphatic heterocycles. The fourth-order valence-corrected chi connectivity index (χ4v) is 0.809. The summed E-state index contributed by atoms with van der Waals surface area (Å²) in [5.41, 5.74) is 9.89. The van der Waals surface area contributed by atoms with Crippen molar-refractivity contribution in [3.63, 3.8) is 0 Å². The largest absolute Gasteiger partial charge is 0.326 e. The van der Waals surface area contributed by atoms with Gasteiger partial charge in [0.25, 0.3) is 0 Å². The lowest BCUT2D eigenvalue weighted by molar-refractivity contribution is 1.20. The molecule has 2 heteroatoms. The second-order valence-electron chi connectivity index (χ2n) is 2.07. The standard InChI is InChI=1S/C9H10N2/c1-2-8(7-10)9-5-3-4-6-11-9/h3-6H,1,7,10H2. The molecule has 0 unspecified atom stereocenters. The summed E-state index contributed by atoms with van der Waals surface area (Å²) in [4.78, 5) is 4.10. The highest BCUT2D eigenvalue weighted by Crippen LogP contribution is 2.05. The van der Waals surface area contributed by atoms with Crippen LogP contribution in [0.2, 0.25) is 0 Å². The van der Waals surface area contributed by atoms with E-state index in [0.717, 1.165) is 11.3 Å². The summed E-state index contributed by atoms with van der Waals surface area (Å²) in [7, 11) is 0. The van der Waals surface area contributed by atoms with Crippen LogP contribution in [0.25, 0.3) is 5.57 Å². The summed E-state index contributed by atoms with van der Waals surface area (Å²) in [6.45, 7) is 3.96. The Labute approximate surface area is 66.1 Å². The Hall–Kier alpha value is -1.37. The van der Waals surface area contributed by atoms with Crippen LogP contribution in [0.4, 0.5) is 0 Å². The first kappa shape index (κ1) is 7.73. The van der Waals surface area contributed by atoms with Gasteiger partial charge in [-0.25, -0.2) is 0 Å². The highest BCUT2D eigenvalue weighted by molar-refractivity contribution is 5.62. The first-order chi connectivity index (χ1) is 5.38. The van der Waals surface area contributed by atoms with Crippen LogP contribution in [0.5, 0.6) is 0 Å². The van der Waals surface area contributed by atoms with Crippen LogP contribution >= 0.6 is 0 Å². The predicted octanol–water partition coefficient (Wildman–Crippen LogP) is 1.21. The molecule has 0 aromatic carbocycles. The third-order valence-electron chi connectivity index (χ3n) is 1.39. The van der Waals surface area contributed by atoms with Crippen molar-refractivity contribution >= 4 is 5.57 Å². The fourth-order valence-electron chi connectivity index (χ4n) is 0.809. The Morgan fingerprint density at radius 1 is 1.64 bits per heavy atom. The van der Waals surface area contributed by atoms with Gasteiger partial charge in [0.15, 0.2) is 0 Å². The van der Waals surface area contributed by atoms with Crippen LogP contribution in [0.3, 0.4) is 0 Å². The van der Waals surface area contributed by atoms with Gasteiger partial charge in [0.1, 0.15) is 0 Å². The number of nitrogens with zero attached hydrogens (tertiary/aromatic N) is 1. The van der Waals surface area contributed by atoms with Crippen LogP contribution in [0.15, 0.2) is 36.7 Å². The monoisotopic (exact) mass is 146 g/mol. The third-order valence-corrected chi connectivity index (χ3v) is 1.39. The van der Waals surface area contributed by atoms with E-state index in [9.17, 15) is 0 Å². The van der Waals surface area contributed by atoms with Crippen molar-refractivity contribution in [2.24, 2.45) is 5.73 Å². The number of hydrogen-bond donors (Lipinski definition) is 1. The molecular formula is C9H10N2. The zero-order valence-corrected chi connectivity index (χ0v) is 6.25. The van der Waals surface area contributed by atoms with Crippen molar-refractivity contribution in [1.82, 2.24) is 4.98 Å². The fraction of sp³-hybridized carbons (Fsp3) is 0.111. The second-order valence-corrected chi connectivity index (χ2v) is 2.07.